The third kappa shape index (κ3) is 1.89. The molecule has 0 spiro atoms. The second-order valence-corrected chi connectivity index (χ2v) is 4.39. The number of rotatable bonds is 1. The van der Waals surface area contributed by atoms with Crippen LogP contribution in [0.5, 0.6) is 0 Å². The number of anilines is 1. The Bertz CT molecular complexity index is 725. The van der Waals surface area contributed by atoms with Crippen LogP contribution >= 0.6 is 11.6 Å². The van der Waals surface area contributed by atoms with Crippen molar-refractivity contribution in [3.05, 3.63) is 53.7 Å². The van der Waals surface area contributed by atoms with E-state index in [1.807, 2.05) is 30.3 Å². The van der Waals surface area contributed by atoms with Gasteiger partial charge in [-0.25, -0.2) is 4.98 Å². The van der Waals surface area contributed by atoms with E-state index >= 15 is 0 Å². The summed E-state index contributed by atoms with van der Waals surface area (Å²) >= 11 is 5.90. The van der Waals surface area contributed by atoms with Crippen molar-refractivity contribution >= 4 is 28.3 Å². The minimum Gasteiger partial charge on any atom is -0.398 e. The first-order chi connectivity index (χ1) is 8.74. The zero-order valence-corrected chi connectivity index (χ0v) is 10.2. The highest BCUT2D eigenvalue weighted by molar-refractivity contribution is 6.33. The topological polar surface area (TPSA) is 51.8 Å². The second kappa shape index (κ2) is 4.27. The van der Waals surface area contributed by atoms with Gasteiger partial charge in [0, 0.05) is 5.56 Å². The van der Waals surface area contributed by atoms with Gasteiger partial charge in [0.1, 0.15) is 0 Å². The van der Waals surface area contributed by atoms with Crippen LogP contribution < -0.4 is 5.73 Å². The maximum Gasteiger partial charge on any atom is 0.0894 e. The molecule has 4 heteroatoms. The van der Waals surface area contributed by atoms with Crippen LogP contribution in [0.4, 0.5) is 5.69 Å². The molecule has 0 radical (unpaired) electrons. The van der Waals surface area contributed by atoms with Crippen LogP contribution in [-0.2, 0) is 0 Å². The summed E-state index contributed by atoms with van der Waals surface area (Å²) in [5.74, 6) is 0. The van der Waals surface area contributed by atoms with Crippen LogP contribution in [0.1, 0.15) is 0 Å². The Hall–Kier alpha value is -2.13. The molecule has 3 nitrogen and oxygen atoms in total. The van der Waals surface area contributed by atoms with E-state index in [2.05, 4.69) is 9.97 Å². The predicted octanol–water partition coefficient (Wildman–Crippen LogP) is 3.53. The summed E-state index contributed by atoms with van der Waals surface area (Å²) in [7, 11) is 0. The first-order valence-electron chi connectivity index (χ1n) is 5.51. The van der Waals surface area contributed by atoms with Crippen molar-refractivity contribution in [3.63, 3.8) is 0 Å². The first kappa shape index (κ1) is 11.0. The van der Waals surface area contributed by atoms with Gasteiger partial charge >= 0.3 is 0 Å². The molecule has 18 heavy (non-hydrogen) atoms. The summed E-state index contributed by atoms with van der Waals surface area (Å²) in [6.45, 7) is 0. The van der Waals surface area contributed by atoms with Crippen molar-refractivity contribution in [3.8, 4) is 11.3 Å². The molecule has 3 rings (SSSR count). The van der Waals surface area contributed by atoms with Gasteiger partial charge in [-0.1, -0.05) is 29.8 Å². The van der Waals surface area contributed by atoms with Gasteiger partial charge in [-0.3, -0.25) is 4.98 Å². The van der Waals surface area contributed by atoms with Crippen molar-refractivity contribution in [2.75, 3.05) is 5.73 Å². The number of fused-ring (bicyclic) bond motifs is 1. The molecule has 0 atom stereocenters. The molecule has 0 saturated heterocycles. The van der Waals surface area contributed by atoms with Gasteiger partial charge in [-0.15, -0.1) is 0 Å². The van der Waals surface area contributed by atoms with E-state index in [4.69, 9.17) is 17.3 Å². The summed E-state index contributed by atoms with van der Waals surface area (Å²) in [6, 6.07) is 13.2. The van der Waals surface area contributed by atoms with Crippen LogP contribution in [-0.4, -0.2) is 9.97 Å². The zero-order valence-electron chi connectivity index (χ0n) is 9.47. The predicted molar refractivity (Wildman–Crippen MR) is 74.4 cm³/mol. The molecule has 0 amide bonds. The third-order valence-corrected chi connectivity index (χ3v) is 3.08. The van der Waals surface area contributed by atoms with E-state index in [9.17, 15) is 0 Å². The number of benzene rings is 2. The Labute approximate surface area is 109 Å². The molecule has 0 aliphatic carbocycles. The van der Waals surface area contributed by atoms with Crippen LogP contribution in [0.15, 0.2) is 48.7 Å². The molecule has 2 N–H and O–H groups in total. The highest BCUT2D eigenvalue weighted by Gasteiger charge is 2.04. The zero-order chi connectivity index (χ0) is 12.5. The van der Waals surface area contributed by atoms with Gasteiger partial charge in [0.25, 0.3) is 0 Å². The summed E-state index contributed by atoms with van der Waals surface area (Å²) in [6.07, 6.45) is 1.74. The van der Waals surface area contributed by atoms with Crippen molar-refractivity contribution in [1.29, 1.82) is 0 Å². The van der Waals surface area contributed by atoms with Crippen molar-refractivity contribution < 1.29 is 0 Å². The number of nitrogen functional groups attached to an aromatic ring is 1. The van der Waals surface area contributed by atoms with Gasteiger partial charge in [0.05, 0.1) is 33.6 Å². The molecule has 1 heterocycles. The normalized spacial score (nSPS) is 10.7. The molecular weight excluding hydrogens is 246 g/mol. The van der Waals surface area contributed by atoms with Gasteiger partial charge in [0.2, 0.25) is 0 Å². The van der Waals surface area contributed by atoms with E-state index in [0.29, 0.717) is 10.7 Å². The Kier molecular flexibility index (Phi) is 2.61. The average Bonchev–Trinajstić information content (AvgIpc) is 2.41. The highest BCUT2D eigenvalue weighted by Crippen LogP contribution is 2.26. The summed E-state index contributed by atoms with van der Waals surface area (Å²) in [5, 5.41) is 0.549. The summed E-state index contributed by atoms with van der Waals surface area (Å²) in [4.78, 5) is 8.93. The number of nitrogens with two attached hydrogens (primary N) is 1. The fourth-order valence-electron chi connectivity index (χ4n) is 1.80. The fourth-order valence-corrected chi connectivity index (χ4v) is 1.92. The average molecular weight is 256 g/mol. The van der Waals surface area contributed by atoms with E-state index < -0.39 is 0 Å². The molecule has 0 aliphatic rings. The smallest absolute Gasteiger partial charge is 0.0894 e. The third-order valence-electron chi connectivity index (χ3n) is 2.74. The number of para-hydroxylation sites is 2. The SMILES string of the molecule is Nc1cc(-c2cnc3ccccc3n2)ccc1Cl. The lowest BCUT2D eigenvalue weighted by molar-refractivity contribution is 1.29. The molecule has 2 aromatic carbocycles. The lowest BCUT2D eigenvalue weighted by Gasteiger charge is -2.04. The molecule has 0 saturated carbocycles. The lowest BCUT2D eigenvalue weighted by atomic mass is 10.1. The van der Waals surface area contributed by atoms with Crippen LogP contribution in [0.25, 0.3) is 22.3 Å². The summed E-state index contributed by atoms with van der Waals surface area (Å²) in [5.41, 5.74) is 9.78. The second-order valence-electron chi connectivity index (χ2n) is 3.98. The maximum absolute atomic E-state index is 5.90. The number of nitrogens with zero attached hydrogens (tertiary/aromatic N) is 2. The standard InChI is InChI=1S/C14H10ClN3/c15-10-6-5-9(7-11(10)16)14-8-17-12-3-1-2-4-13(12)18-14/h1-8H,16H2. The molecule has 0 fully saturated rings. The Balaban J connectivity index is 2.16. The van der Waals surface area contributed by atoms with E-state index in [-0.39, 0.29) is 0 Å². The molecule has 0 aliphatic heterocycles. The first-order valence-corrected chi connectivity index (χ1v) is 5.89. The summed E-state index contributed by atoms with van der Waals surface area (Å²) < 4.78 is 0. The minimum absolute atomic E-state index is 0.545. The molecule has 3 aromatic rings. The number of halogens is 1. The van der Waals surface area contributed by atoms with E-state index in [0.717, 1.165) is 22.3 Å². The monoisotopic (exact) mass is 255 g/mol. The lowest BCUT2D eigenvalue weighted by Crippen LogP contribution is -1.91. The molecule has 1 aromatic heterocycles. The maximum atomic E-state index is 5.90. The molecule has 88 valence electrons. The Morgan fingerprint density at radius 3 is 2.56 bits per heavy atom. The van der Waals surface area contributed by atoms with Gasteiger partial charge in [-0.05, 0) is 24.3 Å². The fraction of sp³-hybridized carbons (Fsp3) is 0. The van der Waals surface area contributed by atoms with E-state index in [1.54, 1.807) is 18.3 Å². The van der Waals surface area contributed by atoms with E-state index in [1.165, 1.54) is 0 Å². The van der Waals surface area contributed by atoms with Crippen molar-refractivity contribution in [2.24, 2.45) is 0 Å². The number of hydrogen-bond acceptors (Lipinski definition) is 3. The highest BCUT2D eigenvalue weighted by atomic mass is 35.5. The van der Waals surface area contributed by atoms with Crippen molar-refractivity contribution in [1.82, 2.24) is 9.97 Å². The number of hydrogen-bond donors (Lipinski definition) is 1. The van der Waals surface area contributed by atoms with Crippen LogP contribution in [0.2, 0.25) is 5.02 Å². The number of aromatic nitrogens is 2. The molecule has 0 unspecified atom stereocenters. The van der Waals surface area contributed by atoms with Crippen LogP contribution in [0.3, 0.4) is 0 Å². The molecular formula is C14H10ClN3. The van der Waals surface area contributed by atoms with Gasteiger partial charge in [-0.2, -0.15) is 0 Å². The Morgan fingerprint density at radius 2 is 1.78 bits per heavy atom. The van der Waals surface area contributed by atoms with Gasteiger partial charge < -0.3 is 5.73 Å². The largest absolute Gasteiger partial charge is 0.398 e. The molecule has 0 bridgehead atoms. The Morgan fingerprint density at radius 1 is 1.00 bits per heavy atom. The van der Waals surface area contributed by atoms with Crippen LogP contribution in [0, 0.1) is 0 Å². The quantitative estimate of drug-likeness (QED) is 0.677. The van der Waals surface area contributed by atoms with Crippen molar-refractivity contribution in [2.45, 2.75) is 0 Å². The van der Waals surface area contributed by atoms with Gasteiger partial charge in [0.15, 0.2) is 0 Å². The minimum atomic E-state index is 0.545.